The molecule has 0 aliphatic rings. The maximum absolute atomic E-state index is 14.5. The van der Waals surface area contributed by atoms with Crippen LogP contribution in [0.3, 0.4) is 0 Å². The normalized spacial score (nSPS) is 10.9. The van der Waals surface area contributed by atoms with E-state index in [1.807, 2.05) is 13.8 Å². The monoisotopic (exact) mass is 417 g/mol. The van der Waals surface area contributed by atoms with Crippen LogP contribution in [-0.2, 0) is 9.53 Å². The maximum atomic E-state index is 14.5. The molecule has 2 rings (SSSR count). The smallest absolute Gasteiger partial charge is 0.340 e. The van der Waals surface area contributed by atoms with Crippen LogP contribution in [0.2, 0.25) is 0 Å². The Hall–Kier alpha value is -3.00. The number of halogens is 1. The number of aromatic amines is 1. The Morgan fingerprint density at radius 2 is 1.80 bits per heavy atom. The highest BCUT2D eigenvalue weighted by Gasteiger charge is 2.30. The molecule has 0 spiro atoms. The molecule has 0 saturated carbocycles. The third-order valence-electron chi connectivity index (χ3n) is 4.85. The van der Waals surface area contributed by atoms with E-state index in [1.165, 1.54) is 18.2 Å². The Kier molecular flexibility index (Phi) is 8.29. The number of rotatable bonds is 10. The second kappa shape index (κ2) is 10.7. The van der Waals surface area contributed by atoms with E-state index in [9.17, 15) is 18.8 Å². The zero-order valence-corrected chi connectivity index (χ0v) is 17.8. The molecule has 1 aromatic heterocycles. The molecule has 0 bridgehead atoms. The Bertz CT molecular complexity index is 919. The van der Waals surface area contributed by atoms with Gasteiger partial charge < -0.3 is 19.9 Å². The molecule has 7 nitrogen and oxygen atoms in total. The van der Waals surface area contributed by atoms with Crippen molar-refractivity contribution in [1.82, 2.24) is 15.2 Å². The van der Waals surface area contributed by atoms with Gasteiger partial charge in [-0.25, -0.2) is 9.18 Å². The Morgan fingerprint density at radius 1 is 1.13 bits per heavy atom. The van der Waals surface area contributed by atoms with Crippen molar-refractivity contribution in [1.29, 1.82) is 0 Å². The summed E-state index contributed by atoms with van der Waals surface area (Å²) in [6.45, 7) is 9.92. The van der Waals surface area contributed by atoms with Gasteiger partial charge in [0.05, 0.1) is 12.2 Å². The number of ether oxygens (including phenoxy) is 1. The van der Waals surface area contributed by atoms with Gasteiger partial charge >= 0.3 is 5.97 Å². The first-order valence-electron chi connectivity index (χ1n) is 10.0. The van der Waals surface area contributed by atoms with E-state index in [-0.39, 0.29) is 29.0 Å². The lowest BCUT2D eigenvalue weighted by atomic mass is 9.98. The van der Waals surface area contributed by atoms with E-state index in [1.54, 1.807) is 19.9 Å². The first kappa shape index (κ1) is 23.3. The minimum Gasteiger partial charge on any atom is -0.462 e. The summed E-state index contributed by atoms with van der Waals surface area (Å²) in [6.07, 6.45) is 0. The molecule has 2 aromatic rings. The van der Waals surface area contributed by atoms with Crippen LogP contribution in [-0.4, -0.2) is 60.3 Å². The number of aromatic nitrogens is 1. The van der Waals surface area contributed by atoms with E-state index >= 15 is 0 Å². The Balaban J connectivity index is 2.41. The number of likely N-dealkylation sites (N-methyl/N-ethyl adjacent to an activating group) is 1. The molecule has 0 aliphatic carbocycles. The molecule has 8 heteroatoms. The first-order chi connectivity index (χ1) is 14.3. The van der Waals surface area contributed by atoms with E-state index < -0.39 is 23.5 Å². The number of carbonyl (C=O) groups excluding carboxylic acids is 3. The van der Waals surface area contributed by atoms with Crippen LogP contribution in [0.1, 0.15) is 47.3 Å². The number of nitrogens with zero attached hydrogens (tertiary/aromatic N) is 1. The largest absolute Gasteiger partial charge is 0.462 e. The molecule has 0 aliphatic heterocycles. The molecule has 0 fully saturated rings. The van der Waals surface area contributed by atoms with Gasteiger partial charge in [-0.3, -0.25) is 9.59 Å². The lowest BCUT2D eigenvalue weighted by Crippen LogP contribution is -2.38. The lowest BCUT2D eigenvalue weighted by molar-refractivity contribution is -0.117. The number of H-pyrrole nitrogens is 1. The summed E-state index contributed by atoms with van der Waals surface area (Å²) >= 11 is 0. The highest BCUT2D eigenvalue weighted by atomic mass is 19.1. The number of benzene rings is 1. The Morgan fingerprint density at radius 3 is 2.40 bits per heavy atom. The molecule has 1 aromatic carbocycles. The number of ketones is 1. The van der Waals surface area contributed by atoms with Gasteiger partial charge in [0.15, 0.2) is 0 Å². The van der Waals surface area contributed by atoms with Crippen LogP contribution >= 0.6 is 0 Å². The predicted molar refractivity (Wildman–Crippen MR) is 112 cm³/mol. The second-order valence-electron chi connectivity index (χ2n) is 6.69. The maximum Gasteiger partial charge on any atom is 0.340 e. The van der Waals surface area contributed by atoms with E-state index in [2.05, 4.69) is 15.2 Å². The van der Waals surface area contributed by atoms with Gasteiger partial charge in [0.1, 0.15) is 11.5 Å². The topological polar surface area (TPSA) is 91.5 Å². The number of esters is 1. The molecule has 0 saturated heterocycles. The van der Waals surface area contributed by atoms with Crippen molar-refractivity contribution in [2.24, 2.45) is 0 Å². The molecular weight excluding hydrogens is 389 g/mol. The van der Waals surface area contributed by atoms with Crippen molar-refractivity contribution in [3.8, 4) is 11.1 Å². The summed E-state index contributed by atoms with van der Waals surface area (Å²) in [6, 6.07) is 5.78. The van der Waals surface area contributed by atoms with Gasteiger partial charge in [-0.1, -0.05) is 32.0 Å². The van der Waals surface area contributed by atoms with Crippen LogP contribution in [0.15, 0.2) is 24.3 Å². The highest BCUT2D eigenvalue weighted by molar-refractivity contribution is 6.43. The fraction of sp³-hybridized carbons (Fsp3) is 0.409. The molecule has 30 heavy (non-hydrogen) atoms. The summed E-state index contributed by atoms with van der Waals surface area (Å²) in [5.41, 5.74) is 0.311. The predicted octanol–water partition coefficient (Wildman–Crippen LogP) is 2.95. The van der Waals surface area contributed by atoms with Crippen molar-refractivity contribution in [3.05, 3.63) is 47.0 Å². The van der Waals surface area contributed by atoms with E-state index in [0.29, 0.717) is 18.8 Å². The van der Waals surface area contributed by atoms with Crippen molar-refractivity contribution in [3.63, 3.8) is 0 Å². The summed E-state index contributed by atoms with van der Waals surface area (Å²) < 4.78 is 19.6. The number of Topliss-reactive ketones (excluding diaryl/α,β-unsaturated/α-hetero) is 1. The van der Waals surface area contributed by atoms with Crippen LogP contribution in [0.5, 0.6) is 0 Å². The minimum absolute atomic E-state index is 0.0351. The zero-order chi connectivity index (χ0) is 22.3. The SMILES string of the molecule is CCOC(=O)c1c(C)[nH]c(C(=O)C(=O)NCCN(CC)CC)c1-c1ccccc1F. The molecule has 0 unspecified atom stereocenters. The number of amides is 1. The number of hydrogen-bond acceptors (Lipinski definition) is 5. The molecule has 2 N–H and O–H groups in total. The number of carbonyl (C=O) groups is 3. The second-order valence-corrected chi connectivity index (χ2v) is 6.69. The zero-order valence-electron chi connectivity index (χ0n) is 17.8. The number of nitrogens with one attached hydrogen (secondary N) is 2. The number of hydrogen-bond donors (Lipinski definition) is 2. The molecule has 1 amide bonds. The highest BCUT2D eigenvalue weighted by Crippen LogP contribution is 2.33. The summed E-state index contributed by atoms with van der Waals surface area (Å²) in [4.78, 5) is 42.8. The molecular formula is C22H28FN3O4. The van der Waals surface area contributed by atoms with Gasteiger partial charge in [-0.15, -0.1) is 0 Å². The van der Waals surface area contributed by atoms with Gasteiger partial charge in [0.25, 0.3) is 11.7 Å². The third kappa shape index (κ3) is 5.13. The van der Waals surface area contributed by atoms with Crippen molar-refractivity contribution >= 4 is 17.7 Å². The van der Waals surface area contributed by atoms with E-state index in [0.717, 1.165) is 13.1 Å². The average Bonchev–Trinajstić information content (AvgIpc) is 3.08. The summed E-state index contributed by atoms with van der Waals surface area (Å²) in [5.74, 6) is -2.99. The van der Waals surface area contributed by atoms with Gasteiger partial charge in [-0.05, 0) is 33.0 Å². The standard InChI is InChI=1S/C22H28FN3O4/c1-5-26(6-2)13-12-24-21(28)20(27)19-18(15-10-8-9-11-16(15)23)17(14(4)25-19)22(29)30-7-3/h8-11,25H,5-7,12-13H2,1-4H3,(H,24,28). The first-order valence-corrected chi connectivity index (χ1v) is 10.0. The fourth-order valence-electron chi connectivity index (χ4n) is 3.25. The molecule has 1 heterocycles. The molecule has 0 radical (unpaired) electrons. The van der Waals surface area contributed by atoms with Gasteiger partial charge in [-0.2, -0.15) is 0 Å². The fourth-order valence-corrected chi connectivity index (χ4v) is 3.25. The van der Waals surface area contributed by atoms with Crippen molar-refractivity contribution in [2.75, 3.05) is 32.8 Å². The van der Waals surface area contributed by atoms with Crippen LogP contribution in [0.4, 0.5) is 4.39 Å². The van der Waals surface area contributed by atoms with Crippen LogP contribution < -0.4 is 5.32 Å². The van der Waals surface area contributed by atoms with Gasteiger partial charge in [0.2, 0.25) is 0 Å². The third-order valence-corrected chi connectivity index (χ3v) is 4.85. The molecule has 0 atom stereocenters. The Labute approximate surface area is 175 Å². The van der Waals surface area contributed by atoms with Crippen molar-refractivity contribution < 1.29 is 23.5 Å². The lowest BCUT2D eigenvalue weighted by Gasteiger charge is -2.17. The molecule has 162 valence electrons. The summed E-state index contributed by atoms with van der Waals surface area (Å²) in [7, 11) is 0. The van der Waals surface area contributed by atoms with E-state index in [4.69, 9.17) is 4.74 Å². The van der Waals surface area contributed by atoms with Crippen LogP contribution in [0.25, 0.3) is 11.1 Å². The average molecular weight is 417 g/mol. The quantitative estimate of drug-likeness (QED) is 0.352. The van der Waals surface area contributed by atoms with Gasteiger partial charge in [0, 0.05) is 29.9 Å². The summed E-state index contributed by atoms with van der Waals surface area (Å²) in [5, 5.41) is 2.60. The minimum atomic E-state index is -0.869. The van der Waals surface area contributed by atoms with Crippen molar-refractivity contribution in [2.45, 2.75) is 27.7 Å². The number of aryl methyl sites for hydroxylation is 1. The van der Waals surface area contributed by atoms with Crippen LogP contribution in [0, 0.1) is 12.7 Å².